The van der Waals surface area contributed by atoms with Gasteiger partial charge in [0.2, 0.25) is 0 Å². The standard InChI is InChI=1S/C84H164O17P2/c1-7-9-11-13-15-17-19-21-23-25-26-27-32-35-39-43-47-54-60-66-81(86)94-72-79(100-83(88)68-63-57-49-45-41-37-33-29-28-30-34-38-42-46-52-58-64-76(3)4)74-98-102(90,91)96-70-78(85)71-97-103(92,93)99-75-80(73-95-82(87)67-61-55-51-50-53-59-65-77(5)6)101-84(89)69-62-56-48-44-40-36-31-24-22-20-18-16-14-12-10-8-2/h76-80,85H,7-75H2,1-6H3,(H,90,91)(H,92,93)/t78-,79-,80-/m1/s1. The van der Waals surface area contributed by atoms with Gasteiger partial charge in [0.25, 0.3) is 0 Å². The largest absolute Gasteiger partial charge is 0.472 e. The molecule has 612 valence electrons. The van der Waals surface area contributed by atoms with Crippen LogP contribution >= 0.6 is 15.6 Å². The number of aliphatic hydroxyl groups is 1. The lowest BCUT2D eigenvalue weighted by molar-refractivity contribution is -0.161. The number of carbonyl (C=O) groups is 4. The van der Waals surface area contributed by atoms with Gasteiger partial charge in [-0.1, -0.05) is 395 Å². The van der Waals surface area contributed by atoms with E-state index in [1.807, 2.05) is 0 Å². The first-order chi connectivity index (χ1) is 49.9. The normalized spacial score (nSPS) is 13.9. The van der Waals surface area contributed by atoms with Crippen molar-refractivity contribution in [3.8, 4) is 0 Å². The molecular weight excluding hydrogens is 1340 g/mol. The Labute approximate surface area is 632 Å². The van der Waals surface area contributed by atoms with Crippen LogP contribution < -0.4 is 0 Å². The molecule has 3 N–H and O–H groups in total. The average Bonchev–Trinajstić information content (AvgIpc) is 0.917. The molecule has 0 radical (unpaired) electrons. The summed E-state index contributed by atoms with van der Waals surface area (Å²) in [6.45, 7) is 9.61. The minimum atomic E-state index is -4.96. The molecule has 0 bridgehead atoms. The molecule has 0 aliphatic rings. The summed E-state index contributed by atoms with van der Waals surface area (Å²) in [5.41, 5.74) is 0. The maximum absolute atomic E-state index is 13.1. The molecule has 0 aromatic heterocycles. The second-order valence-electron chi connectivity index (χ2n) is 31.2. The topological polar surface area (TPSA) is 237 Å². The summed E-state index contributed by atoms with van der Waals surface area (Å²) in [6, 6.07) is 0. The summed E-state index contributed by atoms with van der Waals surface area (Å²) in [4.78, 5) is 73.1. The van der Waals surface area contributed by atoms with Gasteiger partial charge in [0.1, 0.15) is 19.3 Å². The van der Waals surface area contributed by atoms with Crippen LogP contribution in [0.5, 0.6) is 0 Å². The van der Waals surface area contributed by atoms with Crippen LogP contribution in [0.3, 0.4) is 0 Å². The van der Waals surface area contributed by atoms with Gasteiger partial charge < -0.3 is 33.8 Å². The minimum absolute atomic E-state index is 0.107. The summed E-state index contributed by atoms with van der Waals surface area (Å²) in [5.74, 6) is -0.618. The van der Waals surface area contributed by atoms with E-state index in [4.69, 9.17) is 37.0 Å². The van der Waals surface area contributed by atoms with Crippen LogP contribution in [0.15, 0.2) is 0 Å². The van der Waals surface area contributed by atoms with E-state index in [9.17, 15) is 43.2 Å². The van der Waals surface area contributed by atoms with E-state index in [1.54, 1.807) is 0 Å². The first-order valence-corrected chi connectivity index (χ1v) is 46.5. The quantitative estimate of drug-likeness (QED) is 0.0222. The average molecular weight is 1510 g/mol. The van der Waals surface area contributed by atoms with Crippen LogP contribution in [0.1, 0.15) is 446 Å². The number of rotatable bonds is 83. The molecule has 0 spiro atoms. The molecule has 0 aromatic rings. The van der Waals surface area contributed by atoms with Crippen molar-refractivity contribution >= 4 is 39.5 Å². The zero-order chi connectivity index (χ0) is 75.6. The maximum Gasteiger partial charge on any atom is 0.472 e. The first kappa shape index (κ1) is 101. The van der Waals surface area contributed by atoms with Crippen molar-refractivity contribution in [2.75, 3.05) is 39.6 Å². The predicted octanol–water partition coefficient (Wildman–Crippen LogP) is 25.5. The van der Waals surface area contributed by atoms with Crippen LogP contribution in [0.2, 0.25) is 0 Å². The molecule has 19 heteroatoms. The summed E-state index contributed by atoms with van der Waals surface area (Å²) in [7, 11) is -9.92. The Morgan fingerprint density at radius 2 is 0.447 bits per heavy atom. The van der Waals surface area contributed by atoms with E-state index in [1.165, 1.54) is 257 Å². The van der Waals surface area contributed by atoms with Gasteiger partial charge in [-0.2, -0.15) is 0 Å². The molecule has 0 heterocycles. The zero-order valence-electron chi connectivity index (χ0n) is 67.6. The van der Waals surface area contributed by atoms with Gasteiger partial charge in [-0.15, -0.1) is 0 Å². The van der Waals surface area contributed by atoms with Crippen LogP contribution in [-0.2, 0) is 65.4 Å². The second kappa shape index (κ2) is 75.5. The Balaban J connectivity index is 5.21. The molecule has 0 aromatic carbocycles. The highest BCUT2D eigenvalue weighted by atomic mass is 31.2. The fourth-order valence-corrected chi connectivity index (χ4v) is 14.6. The van der Waals surface area contributed by atoms with Gasteiger partial charge in [-0.05, 0) is 37.5 Å². The van der Waals surface area contributed by atoms with E-state index < -0.39 is 97.5 Å². The van der Waals surface area contributed by atoms with Crippen molar-refractivity contribution < 1.29 is 80.2 Å². The summed E-state index contributed by atoms with van der Waals surface area (Å²) < 4.78 is 68.8. The second-order valence-corrected chi connectivity index (χ2v) is 34.1. The van der Waals surface area contributed by atoms with Crippen molar-refractivity contribution in [2.24, 2.45) is 11.8 Å². The monoisotopic (exact) mass is 1510 g/mol. The summed E-state index contributed by atoms with van der Waals surface area (Å²) in [6.07, 6.45) is 66.8. The van der Waals surface area contributed by atoms with E-state index in [2.05, 4.69) is 41.5 Å². The van der Waals surface area contributed by atoms with Crippen LogP contribution in [0.25, 0.3) is 0 Å². The van der Waals surface area contributed by atoms with Crippen LogP contribution in [0, 0.1) is 11.8 Å². The van der Waals surface area contributed by atoms with Gasteiger partial charge >= 0.3 is 39.5 Å². The SMILES string of the molecule is CCCCCCCCCCCCCCCCCCCCCC(=O)OC[C@H](COP(=O)(O)OC[C@@H](O)COP(=O)(O)OC[C@@H](COC(=O)CCCCCCCCC(C)C)OC(=O)CCCCCCCCCCCCCCCCCC)OC(=O)CCCCCCCCCCCCCCCCCCC(C)C. The van der Waals surface area contributed by atoms with E-state index in [0.717, 1.165) is 102 Å². The fraction of sp³-hybridized carbons (Fsp3) is 0.952. The molecule has 0 fully saturated rings. The zero-order valence-corrected chi connectivity index (χ0v) is 69.4. The third-order valence-electron chi connectivity index (χ3n) is 19.7. The van der Waals surface area contributed by atoms with Crippen LogP contribution in [-0.4, -0.2) is 96.7 Å². The Morgan fingerprint density at radius 1 is 0.262 bits per heavy atom. The lowest BCUT2D eigenvalue weighted by Gasteiger charge is -2.21. The summed E-state index contributed by atoms with van der Waals surface area (Å²) >= 11 is 0. The molecule has 5 atom stereocenters. The highest BCUT2D eigenvalue weighted by Gasteiger charge is 2.30. The number of aliphatic hydroxyl groups excluding tert-OH is 1. The van der Waals surface area contributed by atoms with Crippen molar-refractivity contribution in [1.82, 2.24) is 0 Å². The lowest BCUT2D eigenvalue weighted by atomic mass is 10.0. The number of phosphoric ester groups is 2. The van der Waals surface area contributed by atoms with Crippen molar-refractivity contribution in [2.45, 2.75) is 464 Å². The molecule has 0 saturated heterocycles. The molecule has 0 aliphatic carbocycles. The smallest absolute Gasteiger partial charge is 0.462 e. The van der Waals surface area contributed by atoms with Gasteiger partial charge in [0.05, 0.1) is 26.4 Å². The molecule has 0 amide bonds. The first-order valence-electron chi connectivity index (χ1n) is 43.5. The highest BCUT2D eigenvalue weighted by Crippen LogP contribution is 2.45. The molecule has 103 heavy (non-hydrogen) atoms. The Morgan fingerprint density at radius 3 is 0.660 bits per heavy atom. The number of unbranched alkanes of at least 4 members (excludes halogenated alkanes) is 53. The number of ether oxygens (including phenoxy) is 4. The third-order valence-corrected chi connectivity index (χ3v) is 21.6. The number of hydrogen-bond donors (Lipinski definition) is 3. The van der Waals surface area contributed by atoms with Crippen molar-refractivity contribution in [3.63, 3.8) is 0 Å². The fourth-order valence-electron chi connectivity index (χ4n) is 13.1. The van der Waals surface area contributed by atoms with Crippen molar-refractivity contribution in [3.05, 3.63) is 0 Å². The van der Waals surface area contributed by atoms with Gasteiger partial charge in [-0.25, -0.2) is 9.13 Å². The molecule has 0 saturated carbocycles. The predicted molar refractivity (Wildman–Crippen MR) is 423 cm³/mol. The number of esters is 4. The van der Waals surface area contributed by atoms with E-state index in [0.29, 0.717) is 31.6 Å². The molecule has 0 aliphatic heterocycles. The van der Waals surface area contributed by atoms with E-state index in [-0.39, 0.29) is 25.7 Å². The summed E-state index contributed by atoms with van der Waals surface area (Å²) in [5, 5.41) is 10.7. The molecule has 2 unspecified atom stereocenters. The molecular formula is C84H164O17P2. The van der Waals surface area contributed by atoms with Crippen molar-refractivity contribution in [1.29, 1.82) is 0 Å². The van der Waals surface area contributed by atoms with Gasteiger partial charge in [0.15, 0.2) is 12.2 Å². The molecule has 17 nitrogen and oxygen atoms in total. The minimum Gasteiger partial charge on any atom is -0.462 e. The number of carbonyl (C=O) groups excluding carboxylic acids is 4. The lowest BCUT2D eigenvalue weighted by Crippen LogP contribution is -2.30. The Bertz CT molecular complexity index is 1980. The third kappa shape index (κ3) is 78.0. The Kier molecular flexibility index (Phi) is 74.1. The number of phosphoric acid groups is 2. The Hall–Kier alpha value is -1.94. The molecule has 0 rings (SSSR count). The van der Waals surface area contributed by atoms with Crippen LogP contribution in [0.4, 0.5) is 0 Å². The number of hydrogen-bond acceptors (Lipinski definition) is 15. The highest BCUT2D eigenvalue weighted by molar-refractivity contribution is 7.47. The van der Waals surface area contributed by atoms with Gasteiger partial charge in [0, 0.05) is 25.7 Å². The van der Waals surface area contributed by atoms with Gasteiger partial charge in [-0.3, -0.25) is 37.3 Å². The van der Waals surface area contributed by atoms with E-state index >= 15 is 0 Å². The maximum atomic E-state index is 13.1.